The van der Waals surface area contributed by atoms with Gasteiger partial charge in [-0.15, -0.1) is 16.4 Å². The molecule has 0 bridgehead atoms. The zero-order valence-corrected chi connectivity index (χ0v) is 15.9. The summed E-state index contributed by atoms with van der Waals surface area (Å²) in [6, 6.07) is 9.76. The lowest BCUT2D eigenvalue weighted by Crippen LogP contribution is -2.27. The van der Waals surface area contributed by atoms with E-state index in [1.165, 1.54) is 15.0 Å². The Kier molecular flexibility index (Phi) is 4.00. The minimum atomic E-state index is -0.172. The second-order valence-electron chi connectivity index (χ2n) is 6.53. The number of hydrogen-bond acceptors (Lipinski definition) is 4. The van der Waals surface area contributed by atoms with Gasteiger partial charge in [-0.3, -0.25) is 4.57 Å². The summed E-state index contributed by atoms with van der Waals surface area (Å²) in [7, 11) is 0. The average Bonchev–Trinajstić information content (AvgIpc) is 3.20. The molecule has 4 aromatic rings. The number of hydrogen-bond donors (Lipinski definition) is 0. The lowest BCUT2D eigenvalue weighted by atomic mass is 10.1. The molecular weight excluding hydrogens is 344 g/mol. The van der Waals surface area contributed by atoms with Crippen LogP contribution < -0.4 is 5.69 Å². The lowest BCUT2D eigenvalue weighted by Gasteiger charge is -2.08. The van der Waals surface area contributed by atoms with Gasteiger partial charge in [0, 0.05) is 17.0 Å². The number of nitrogens with zero attached hydrogens (tertiary/aromatic N) is 4. The molecule has 0 unspecified atom stereocenters. The number of aromatic nitrogens is 4. The van der Waals surface area contributed by atoms with Crippen LogP contribution in [0, 0.1) is 6.92 Å². The normalized spacial score (nSPS) is 11.5. The van der Waals surface area contributed by atoms with Crippen LogP contribution in [0.3, 0.4) is 0 Å². The van der Waals surface area contributed by atoms with Crippen LogP contribution in [-0.2, 0) is 13.0 Å². The van der Waals surface area contributed by atoms with Crippen molar-refractivity contribution in [3.8, 4) is 11.4 Å². The molecule has 26 heavy (non-hydrogen) atoms. The summed E-state index contributed by atoms with van der Waals surface area (Å²) in [6.45, 7) is 10.6. The molecule has 0 aliphatic carbocycles. The molecule has 6 heteroatoms. The zero-order valence-electron chi connectivity index (χ0n) is 15.1. The van der Waals surface area contributed by atoms with E-state index in [0.717, 1.165) is 27.8 Å². The molecule has 0 atom stereocenters. The summed E-state index contributed by atoms with van der Waals surface area (Å²) in [4.78, 5) is 20.0. The molecule has 0 saturated carbocycles. The van der Waals surface area contributed by atoms with E-state index in [2.05, 4.69) is 25.5 Å². The number of aryl methyl sites for hydroxylation is 2. The molecule has 0 spiro atoms. The van der Waals surface area contributed by atoms with Crippen molar-refractivity contribution in [2.24, 2.45) is 0 Å². The van der Waals surface area contributed by atoms with Gasteiger partial charge in [0.25, 0.3) is 0 Å². The van der Waals surface area contributed by atoms with Crippen LogP contribution >= 0.6 is 11.3 Å². The minimum absolute atomic E-state index is 0.172. The highest BCUT2D eigenvalue weighted by Crippen LogP contribution is 2.33. The standard InChI is InChI=1S/C20H20N4OS/c1-5-15-13(4)26-19-16(15)18-21-17(14-9-7-6-8-10-14)22-24(18)20(25)23(19)11-12(2)3/h6-10H,2,5,11H2,1,3-4H3. The zero-order chi connectivity index (χ0) is 18.4. The summed E-state index contributed by atoms with van der Waals surface area (Å²) in [5, 5.41) is 5.57. The van der Waals surface area contributed by atoms with Gasteiger partial charge >= 0.3 is 5.69 Å². The third-order valence-electron chi connectivity index (χ3n) is 4.49. The van der Waals surface area contributed by atoms with Gasteiger partial charge in [0.15, 0.2) is 11.5 Å². The fourth-order valence-corrected chi connectivity index (χ4v) is 4.57. The van der Waals surface area contributed by atoms with Gasteiger partial charge in [-0.05, 0) is 25.8 Å². The summed E-state index contributed by atoms with van der Waals surface area (Å²) < 4.78 is 3.21. The van der Waals surface area contributed by atoms with Crippen LogP contribution in [0.5, 0.6) is 0 Å². The van der Waals surface area contributed by atoms with Gasteiger partial charge in [0.05, 0.1) is 5.39 Å². The molecule has 0 N–H and O–H groups in total. The Balaban J connectivity index is 2.14. The molecular formula is C20H20N4OS. The molecule has 1 aromatic carbocycles. The van der Waals surface area contributed by atoms with E-state index in [0.29, 0.717) is 18.0 Å². The predicted molar refractivity (Wildman–Crippen MR) is 107 cm³/mol. The van der Waals surface area contributed by atoms with E-state index >= 15 is 0 Å². The number of benzene rings is 1. The molecule has 4 rings (SSSR count). The molecule has 0 saturated heterocycles. The average molecular weight is 364 g/mol. The molecule has 0 amide bonds. The highest BCUT2D eigenvalue weighted by atomic mass is 32.1. The third-order valence-corrected chi connectivity index (χ3v) is 5.66. The summed E-state index contributed by atoms with van der Waals surface area (Å²) in [5.41, 5.74) is 3.54. The van der Waals surface area contributed by atoms with Gasteiger partial charge in [-0.1, -0.05) is 49.4 Å². The monoisotopic (exact) mass is 364 g/mol. The smallest absolute Gasteiger partial charge is 0.279 e. The maximum atomic E-state index is 13.1. The Morgan fingerprint density at radius 1 is 1.27 bits per heavy atom. The molecule has 3 heterocycles. The van der Waals surface area contributed by atoms with Crippen molar-refractivity contribution in [3.05, 3.63) is 63.4 Å². The third kappa shape index (κ3) is 2.49. The van der Waals surface area contributed by atoms with Gasteiger partial charge in [-0.2, -0.15) is 4.52 Å². The van der Waals surface area contributed by atoms with Crippen LogP contribution in [0.2, 0.25) is 0 Å². The molecule has 5 nitrogen and oxygen atoms in total. The predicted octanol–water partition coefficient (Wildman–Crippen LogP) is 4.22. The largest absolute Gasteiger partial charge is 0.352 e. The van der Waals surface area contributed by atoms with Gasteiger partial charge in [0.2, 0.25) is 0 Å². The van der Waals surface area contributed by atoms with Crippen molar-refractivity contribution < 1.29 is 0 Å². The van der Waals surface area contributed by atoms with E-state index in [9.17, 15) is 4.79 Å². The first-order valence-corrected chi connectivity index (χ1v) is 9.44. The van der Waals surface area contributed by atoms with Crippen LogP contribution in [0.25, 0.3) is 27.3 Å². The SMILES string of the molecule is C=C(C)Cn1c(=O)n2nc(-c3ccccc3)nc2c2c(CC)c(C)sc21. The summed E-state index contributed by atoms with van der Waals surface area (Å²) >= 11 is 1.65. The summed E-state index contributed by atoms with van der Waals surface area (Å²) in [6.07, 6.45) is 0.889. The highest BCUT2D eigenvalue weighted by molar-refractivity contribution is 7.19. The molecule has 0 fully saturated rings. The van der Waals surface area contributed by atoms with Crippen molar-refractivity contribution >= 4 is 27.2 Å². The molecule has 0 radical (unpaired) electrons. The van der Waals surface area contributed by atoms with E-state index in [-0.39, 0.29) is 5.69 Å². The van der Waals surface area contributed by atoms with E-state index in [1.54, 1.807) is 15.9 Å². The van der Waals surface area contributed by atoms with Crippen molar-refractivity contribution in [2.45, 2.75) is 33.7 Å². The highest BCUT2D eigenvalue weighted by Gasteiger charge is 2.21. The maximum Gasteiger partial charge on any atom is 0.352 e. The number of allylic oxidation sites excluding steroid dienone is 1. The summed E-state index contributed by atoms with van der Waals surface area (Å²) in [5.74, 6) is 0.572. The fraction of sp³-hybridized carbons (Fsp3) is 0.250. The van der Waals surface area contributed by atoms with Crippen LogP contribution in [0.1, 0.15) is 24.3 Å². The maximum absolute atomic E-state index is 13.1. The molecule has 0 aliphatic rings. The van der Waals surface area contributed by atoms with Gasteiger partial charge in [0.1, 0.15) is 4.83 Å². The Hall–Kier alpha value is -2.73. The lowest BCUT2D eigenvalue weighted by molar-refractivity contribution is 0.713. The van der Waals surface area contributed by atoms with E-state index in [1.807, 2.05) is 37.3 Å². The molecule has 132 valence electrons. The van der Waals surface area contributed by atoms with Crippen LogP contribution in [0.15, 0.2) is 47.3 Å². The van der Waals surface area contributed by atoms with Crippen molar-refractivity contribution in [1.82, 2.24) is 19.2 Å². The topological polar surface area (TPSA) is 52.2 Å². The Bertz CT molecular complexity index is 1200. The van der Waals surface area contributed by atoms with Crippen molar-refractivity contribution in [2.75, 3.05) is 0 Å². The quantitative estimate of drug-likeness (QED) is 0.510. The second kappa shape index (κ2) is 6.21. The molecule has 3 aromatic heterocycles. The van der Waals surface area contributed by atoms with Crippen molar-refractivity contribution in [1.29, 1.82) is 0 Å². The first-order valence-electron chi connectivity index (χ1n) is 8.62. The van der Waals surface area contributed by atoms with Crippen molar-refractivity contribution in [3.63, 3.8) is 0 Å². The molecule has 0 aliphatic heterocycles. The van der Waals surface area contributed by atoms with E-state index < -0.39 is 0 Å². The Morgan fingerprint density at radius 3 is 2.65 bits per heavy atom. The van der Waals surface area contributed by atoms with Gasteiger partial charge in [-0.25, -0.2) is 9.78 Å². The first kappa shape index (κ1) is 16.7. The van der Waals surface area contributed by atoms with Crippen LogP contribution in [-0.4, -0.2) is 19.2 Å². The Morgan fingerprint density at radius 2 is 2.00 bits per heavy atom. The second-order valence-corrected chi connectivity index (χ2v) is 7.74. The Labute approximate surface area is 155 Å². The number of rotatable bonds is 4. The first-order chi connectivity index (χ1) is 12.5. The minimum Gasteiger partial charge on any atom is -0.279 e. The number of thiophene rings is 1. The van der Waals surface area contributed by atoms with E-state index in [4.69, 9.17) is 4.98 Å². The number of fused-ring (bicyclic) bond motifs is 3. The van der Waals surface area contributed by atoms with Crippen LogP contribution in [0.4, 0.5) is 0 Å². The fourth-order valence-electron chi connectivity index (χ4n) is 3.34. The van der Waals surface area contributed by atoms with Gasteiger partial charge < -0.3 is 0 Å².